The zero-order chi connectivity index (χ0) is 8.70. The lowest BCUT2D eigenvalue weighted by Gasteiger charge is -2.45. The summed E-state index contributed by atoms with van der Waals surface area (Å²) in [6.45, 7) is 9.49. The van der Waals surface area contributed by atoms with Crippen molar-refractivity contribution in [1.82, 2.24) is 0 Å². The summed E-state index contributed by atoms with van der Waals surface area (Å²) >= 11 is 0. The van der Waals surface area contributed by atoms with E-state index in [1.807, 2.05) is 27.7 Å². The van der Waals surface area contributed by atoms with Crippen molar-refractivity contribution in [2.75, 3.05) is 13.2 Å². The Morgan fingerprint density at radius 3 is 1.73 bits per heavy atom. The van der Waals surface area contributed by atoms with E-state index in [-0.39, 0.29) is 16.9 Å². The first kappa shape index (κ1) is 9.01. The molecule has 0 unspecified atom stereocenters. The lowest BCUT2D eigenvalue weighted by Crippen LogP contribution is -2.51. The average molecular weight is 158 g/mol. The van der Waals surface area contributed by atoms with Crippen molar-refractivity contribution in [2.45, 2.75) is 33.8 Å². The molecule has 11 heavy (non-hydrogen) atoms. The lowest BCUT2D eigenvalue weighted by atomic mass is 9.71. The zero-order valence-corrected chi connectivity index (χ0v) is 7.85. The van der Waals surface area contributed by atoms with Gasteiger partial charge in [0.1, 0.15) is 0 Å². The molecule has 0 aromatic carbocycles. The van der Waals surface area contributed by atoms with Gasteiger partial charge in [-0.3, -0.25) is 0 Å². The molecule has 66 valence electrons. The Labute approximate surface area is 68.6 Å². The molecule has 1 fully saturated rings. The first-order valence-electron chi connectivity index (χ1n) is 4.12. The largest absolute Gasteiger partial charge is 0.392 e. The van der Waals surface area contributed by atoms with Gasteiger partial charge < -0.3 is 9.84 Å². The van der Waals surface area contributed by atoms with Gasteiger partial charge in [0, 0.05) is 10.8 Å². The second kappa shape index (κ2) is 2.46. The van der Waals surface area contributed by atoms with Gasteiger partial charge in [-0.25, -0.2) is 0 Å². The number of hydrogen-bond acceptors (Lipinski definition) is 2. The summed E-state index contributed by atoms with van der Waals surface area (Å²) in [4.78, 5) is 0. The Morgan fingerprint density at radius 2 is 1.45 bits per heavy atom. The molecule has 1 aliphatic rings. The van der Waals surface area contributed by atoms with Crippen molar-refractivity contribution < 1.29 is 9.84 Å². The van der Waals surface area contributed by atoms with Crippen molar-refractivity contribution in [1.29, 1.82) is 0 Å². The predicted molar refractivity (Wildman–Crippen MR) is 44.4 cm³/mol. The summed E-state index contributed by atoms with van der Waals surface area (Å²) in [5.74, 6) is 0. The number of ether oxygens (including phenoxy) is 1. The fraction of sp³-hybridized carbons (Fsp3) is 1.00. The van der Waals surface area contributed by atoms with E-state index in [0.29, 0.717) is 13.2 Å². The van der Waals surface area contributed by atoms with Crippen molar-refractivity contribution >= 4 is 0 Å². The Balaban J connectivity index is 2.76. The van der Waals surface area contributed by atoms with Gasteiger partial charge in [0.15, 0.2) is 0 Å². The minimum Gasteiger partial charge on any atom is -0.392 e. The third-order valence-corrected chi connectivity index (χ3v) is 2.43. The number of aliphatic hydroxyl groups excluding tert-OH is 1. The van der Waals surface area contributed by atoms with Crippen LogP contribution in [0, 0.1) is 10.8 Å². The molecule has 1 N–H and O–H groups in total. The van der Waals surface area contributed by atoms with E-state index in [0.717, 1.165) is 0 Å². The molecule has 0 radical (unpaired) electrons. The predicted octanol–water partition coefficient (Wildman–Crippen LogP) is 1.43. The summed E-state index contributed by atoms with van der Waals surface area (Å²) in [6, 6.07) is 0. The minimum absolute atomic E-state index is 0.0955. The number of aliphatic hydroxyl groups is 1. The highest BCUT2D eigenvalue weighted by atomic mass is 16.5. The first-order valence-corrected chi connectivity index (χ1v) is 4.12. The summed E-state index contributed by atoms with van der Waals surface area (Å²) < 4.78 is 5.41. The molecule has 1 aliphatic heterocycles. The molecule has 1 saturated heterocycles. The van der Waals surface area contributed by atoms with E-state index in [2.05, 4.69) is 0 Å². The molecule has 1 heterocycles. The summed E-state index contributed by atoms with van der Waals surface area (Å²) in [5.41, 5.74) is -0.191. The van der Waals surface area contributed by atoms with Gasteiger partial charge in [-0.1, -0.05) is 27.7 Å². The molecule has 0 bridgehead atoms. The van der Waals surface area contributed by atoms with E-state index < -0.39 is 0 Å². The molecule has 2 nitrogen and oxygen atoms in total. The Hall–Kier alpha value is -0.0800. The molecule has 2 heteroatoms. The summed E-state index contributed by atoms with van der Waals surface area (Å²) in [5, 5.41) is 9.88. The minimum atomic E-state index is -0.260. The number of hydrogen-bond donors (Lipinski definition) is 1. The maximum atomic E-state index is 9.88. The van der Waals surface area contributed by atoms with Gasteiger partial charge in [-0.15, -0.1) is 0 Å². The molecule has 1 rings (SSSR count). The molecule has 0 aromatic heterocycles. The quantitative estimate of drug-likeness (QED) is 0.578. The van der Waals surface area contributed by atoms with Gasteiger partial charge in [0.05, 0.1) is 19.3 Å². The van der Waals surface area contributed by atoms with Crippen molar-refractivity contribution in [2.24, 2.45) is 10.8 Å². The molecule has 0 aromatic rings. The third-order valence-electron chi connectivity index (χ3n) is 2.43. The van der Waals surface area contributed by atoms with Crippen molar-refractivity contribution in [3.05, 3.63) is 0 Å². The van der Waals surface area contributed by atoms with Gasteiger partial charge in [0.25, 0.3) is 0 Å². The first-order chi connectivity index (χ1) is 4.86. The lowest BCUT2D eigenvalue weighted by molar-refractivity contribution is -0.156. The molecule has 0 atom stereocenters. The Morgan fingerprint density at radius 1 is 1.09 bits per heavy atom. The van der Waals surface area contributed by atoms with Crippen LogP contribution in [0.1, 0.15) is 27.7 Å². The molecule has 0 spiro atoms. The molecular formula is C9H18O2. The Kier molecular flexibility index (Phi) is 2.01. The summed E-state index contributed by atoms with van der Waals surface area (Å²) in [7, 11) is 0. The monoisotopic (exact) mass is 158 g/mol. The van der Waals surface area contributed by atoms with Gasteiger partial charge in [0.2, 0.25) is 0 Å². The van der Waals surface area contributed by atoms with Crippen LogP contribution in [-0.2, 0) is 4.74 Å². The van der Waals surface area contributed by atoms with E-state index in [1.165, 1.54) is 0 Å². The van der Waals surface area contributed by atoms with Gasteiger partial charge in [-0.2, -0.15) is 0 Å². The standard InChI is InChI=1S/C9H18O2/c1-8(2)5-11-6-9(3,4)7(8)10/h7,10H,5-6H2,1-4H3. The van der Waals surface area contributed by atoms with Crippen LogP contribution in [0.2, 0.25) is 0 Å². The normalized spacial score (nSPS) is 30.3. The smallest absolute Gasteiger partial charge is 0.0685 e. The van der Waals surface area contributed by atoms with Crippen LogP contribution in [0.5, 0.6) is 0 Å². The number of rotatable bonds is 0. The van der Waals surface area contributed by atoms with Crippen LogP contribution in [-0.4, -0.2) is 24.4 Å². The van der Waals surface area contributed by atoms with Crippen LogP contribution < -0.4 is 0 Å². The molecule has 0 saturated carbocycles. The van der Waals surface area contributed by atoms with E-state index in [1.54, 1.807) is 0 Å². The topological polar surface area (TPSA) is 29.5 Å². The highest BCUT2D eigenvalue weighted by molar-refractivity contribution is 4.92. The van der Waals surface area contributed by atoms with Crippen molar-refractivity contribution in [3.8, 4) is 0 Å². The second-order valence-corrected chi connectivity index (χ2v) is 4.87. The van der Waals surface area contributed by atoms with Crippen LogP contribution in [0.25, 0.3) is 0 Å². The molecule has 0 aliphatic carbocycles. The van der Waals surface area contributed by atoms with Crippen LogP contribution in [0.3, 0.4) is 0 Å². The molecule has 0 amide bonds. The van der Waals surface area contributed by atoms with E-state index in [9.17, 15) is 5.11 Å². The third kappa shape index (κ3) is 1.57. The second-order valence-electron chi connectivity index (χ2n) is 4.87. The maximum absolute atomic E-state index is 9.88. The Bertz CT molecular complexity index is 134. The average Bonchev–Trinajstić information content (AvgIpc) is 1.82. The highest BCUT2D eigenvalue weighted by Gasteiger charge is 2.43. The van der Waals surface area contributed by atoms with Crippen LogP contribution in [0.15, 0.2) is 0 Å². The summed E-state index contributed by atoms with van der Waals surface area (Å²) in [6.07, 6.45) is -0.260. The van der Waals surface area contributed by atoms with Crippen molar-refractivity contribution in [3.63, 3.8) is 0 Å². The van der Waals surface area contributed by atoms with E-state index >= 15 is 0 Å². The molecular weight excluding hydrogens is 140 g/mol. The SMILES string of the molecule is CC1(C)COCC(C)(C)C1O. The van der Waals surface area contributed by atoms with Gasteiger partial charge in [-0.05, 0) is 0 Å². The fourth-order valence-corrected chi connectivity index (χ4v) is 1.79. The van der Waals surface area contributed by atoms with Crippen LogP contribution in [0.4, 0.5) is 0 Å². The fourth-order valence-electron chi connectivity index (χ4n) is 1.79. The van der Waals surface area contributed by atoms with Gasteiger partial charge >= 0.3 is 0 Å². The maximum Gasteiger partial charge on any atom is 0.0685 e. The van der Waals surface area contributed by atoms with Crippen LogP contribution >= 0.6 is 0 Å². The highest BCUT2D eigenvalue weighted by Crippen LogP contribution is 2.38. The van der Waals surface area contributed by atoms with E-state index in [4.69, 9.17) is 4.74 Å². The zero-order valence-electron chi connectivity index (χ0n) is 7.85.